The third-order valence-electron chi connectivity index (χ3n) is 3.52. The molecule has 0 aromatic rings. The van der Waals surface area contributed by atoms with Crippen molar-refractivity contribution in [2.75, 3.05) is 0 Å². The van der Waals surface area contributed by atoms with Crippen LogP contribution in [0.2, 0.25) is 0 Å². The van der Waals surface area contributed by atoms with Gasteiger partial charge >= 0.3 is 5.97 Å². The molecule has 0 bridgehead atoms. The van der Waals surface area contributed by atoms with Crippen molar-refractivity contribution in [3.8, 4) is 0 Å². The van der Waals surface area contributed by atoms with E-state index in [2.05, 4.69) is 0 Å². The maximum absolute atomic E-state index is 11.6. The first-order valence-electron chi connectivity index (χ1n) is 7.34. The van der Waals surface area contributed by atoms with Gasteiger partial charge in [0.1, 0.15) is 5.60 Å². The predicted molar refractivity (Wildman–Crippen MR) is 74.2 cm³/mol. The van der Waals surface area contributed by atoms with Gasteiger partial charge in [0, 0.05) is 6.04 Å². The van der Waals surface area contributed by atoms with Crippen LogP contribution < -0.4 is 5.73 Å². The number of rotatable bonds is 5. The first-order chi connectivity index (χ1) is 8.37. The lowest BCUT2D eigenvalue weighted by Gasteiger charge is -2.24. The molecular weight excluding hydrogens is 226 g/mol. The molecule has 1 aliphatic rings. The van der Waals surface area contributed by atoms with Crippen LogP contribution in [0, 0.1) is 5.92 Å². The largest absolute Gasteiger partial charge is 0.460 e. The number of carbonyl (C=O) groups excluding carboxylic acids is 1. The van der Waals surface area contributed by atoms with Gasteiger partial charge in [0.2, 0.25) is 0 Å². The van der Waals surface area contributed by atoms with E-state index in [0.717, 1.165) is 12.3 Å². The number of nitrogens with two attached hydrogens (primary N) is 1. The zero-order valence-corrected chi connectivity index (χ0v) is 12.2. The number of carbonyl (C=O) groups is 1. The average Bonchev–Trinajstić information content (AvgIpc) is 2.25. The summed E-state index contributed by atoms with van der Waals surface area (Å²) in [6.45, 7) is 5.66. The molecule has 0 heterocycles. The molecular formula is C15H29NO2. The van der Waals surface area contributed by atoms with Crippen LogP contribution in [0.25, 0.3) is 0 Å². The van der Waals surface area contributed by atoms with Crippen molar-refractivity contribution in [1.82, 2.24) is 0 Å². The van der Waals surface area contributed by atoms with Gasteiger partial charge in [0.05, 0.1) is 6.42 Å². The highest BCUT2D eigenvalue weighted by molar-refractivity contribution is 5.70. The van der Waals surface area contributed by atoms with E-state index in [1.807, 2.05) is 20.8 Å². The predicted octanol–water partition coefficient (Wildman–Crippen LogP) is 3.41. The van der Waals surface area contributed by atoms with Crippen LogP contribution in [0.1, 0.15) is 72.1 Å². The molecule has 0 aromatic carbocycles. The molecule has 3 heteroatoms. The van der Waals surface area contributed by atoms with Gasteiger partial charge in [-0.15, -0.1) is 0 Å². The van der Waals surface area contributed by atoms with Crippen molar-refractivity contribution in [3.05, 3.63) is 0 Å². The van der Waals surface area contributed by atoms with E-state index in [1.54, 1.807) is 0 Å². The summed E-state index contributed by atoms with van der Waals surface area (Å²) in [6, 6.07) is -0.0400. The lowest BCUT2D eigenvalue weighted by atomic mass is 9.85. The van der Waals surface area contributed by atoms with E-state index in [9.17, 15) is 4.79 Å². The lowest BCUT2D eigenvalue weighted by Crippen LogP contribution is -2.30. The molecule has 18 heavy (non-hydrogen) atoms. The van der Waals surface area contributed by atoms with Crippen LogP contribution in [0.15, 0.2) is 0 Å². The second-order valence-corrected chi connectivity index (χ2v) is 6.63. The van der Waals surface area contributed by atoms with Crippen molar-refractivity contribution in [2.45, 2.75) is 83.8 Å². The molecule has 1 saturated carbocycles. The summed E-state index contributed by atoms with van der Waals surface area (Å²) >= 11 is 0. The molecule has 1 atom stereocenters. The Balaban J connectivity index is 2.16. The Kier molecular flexibility index (Phi) is 6.13. The third kappa shape index (κ3) is 7.00. The van der Waals surface area contributed by atoms with E-state index >= 15 is 0 Å². The molecule has 0 aromatic heterocycles. The van der Waals surface area contributed by atoms with E-state index in [0.29, 0.717) is 6.42 Å². The van der Waals surface area contributed by atoms with Crippen LogP contribution in [0.5, 0.6) is 0 Å². The first-order valence-corrected chi connectivity index (χ1v) is 7.34. The topological polar surface area (TPSA) is 52.3 Å². The van der Waals surface area contributed by atoms with Crippen molar-refractivity contribution < 1.29 is 9.53 Å². The summed E-state index contributed by atoms with van der Waals surface area (Å²) in [7, 11) is 0. The summed E-state index contributed by atoms with van der Waals surface area (Å²) in [5, 5.41) is 0. The van der Waals surface area contributed by atoms with Gasteiger partial charge in [0.15, 0.2) is 0 Å². The molecule has 0 amide bonds. The van der Waals surface area contributed by atoms with Crippen LogP contribution in [0.3, 0.4) is 0 Å². The van der Waals surface area contributed by atoms with Gasteiger partial charge in [-0.25, -0.2) is 0 Å². The van der Waals surface area contributed by atoms with Crippen LogP contribution >= 0.6 is 0 Å². The summed E-state index contributed by atoms with van der Waals surface area (Å²) in [6.07, 6.45) is 9.29. The first kappa shape index (κ1) is 15.5. The van der Waals surface area contributed by atoms with Crippen molar-refractivity contribution in [3.63, 3.8) is 0 Å². The van der Waals surface area contributed by atoms with Gasteiger partial charge in [-0.2, -0.15) is 0 Å². The molecule has 1 aliphatic carbocycles. The molecule has 0 aliphatic heterocycles. The number of hydrogen-bond acceptors (Lipinski definition) is 3. The standard InChI is InChI=1S/C15H29NO2/c1-15(2,3)18-14(17)11-13(16)10-9-12-7-5-4-6-8-12/h12-13H,4-11,16H2,1-3H3. The van der Waals surface area contributed by atoms with E-state index in [-0.39, 0.29) is 12.0 Å². The van der Waals surface area contributed by atoms with E-state index < -0.39 is 5.60 Å². The molecule has 1 rings (SSSR count). The summed E-state index contributed by atoms with van der Waals surface area (Å²) in [5.74, 6) is 0.669. The van der Waals surface area contributed by atoms with Gasteiger partial charge in [-0.3, -0.25) is 4.79 Å². The molecule has 106 valence electrons. The molecule has 1 unspecified atom stereocenters. The third-order valence-corrected chi connectivity index (χ3v) is 3.52. The normalized spacial score (nSPS) is 19.6. The van der Waals surface area contributed by atoms with Gasteiger partial charge < -0.3 is 10.5 Å². The smallest absolute Gasteiger partial charge is 0.307 e. The molecule has 1 fully saturated rings. The number of hydrogen-bond donors (Lipinski definition) is 1. The zero-order valence-electron chi connectivity index (χ0n) is 12.2. The molecule has 0 saturated heterocycles. The Hall–Kier alpha value is -0.570. The minimum Gasteiger partial charge on any atom is -0.460 e. The summed E-state index contributed by atoms with van der Waals surface area (Å²) in [4.78, 5) is 11.6. The molecule has 0 radical (unpaired) electrons. The van der Waals surface area contributed by atoms with Crippen LogP contribution in [-0.2, 0) is 9.53 Å². The SMILES string of the molecule is CC(C)(C)OC(=O)CC(N)CCC1CCCCC1. The van der Waals surface area contributed by atoms with Gasteiger partial charge in [-0.05, 0) is 39.5 Å². The summed E-state index contributed by atoms with van der Waals surface area (Å²) in [5.41, 5.74) is 5.61. The second-order valence-electron chi connectivity index (χ2n) is 6.63. The highest BCUT2D eigenvalue weighted by Crippen LogP contribution is 2.27. The minimum atomic E-state index is -0.403. The number of esters is 1. The maximum Gasteiger partial charge on any atom is 0.307 e. The van der Waals surface area contributed by atoms with Crippen LogP contribution in [0.4, 0.5) is 0 Å². The highest BCUT2D eigenvalue weighted by Gasteiger charge is 2.20. The zero-order chi connectivity index (χ0) is 13.6. The molecule has 2 N–H and O–H groups in total. The minimum absolute atomic E-state index is 0.0400. The van der Waals surface area contributed by atoms with Crippen molar-refractivity contribution in [1.29, 1.82) is 0 Å². The van der Waals surface area contributed by atoms with Crippen molar-refractivity contribution >= 4 is 5.97 Å². The molecule has 0 spiro atoms. The fourth-order valence-electron chi connectivity index (χ4n) is 2.62. The Morgan fingerprint density at radius 3 is 2.44 bits per heavy atom. The summed E-state index contributed by atoms with van der Waals surface area (Å²) < 4.78 is 5.28. The van der Waals surface area contributed by atoms with Crippen LogP contribution in [-0.4, -0.2) is 17.6 Å². The average molecular weight is 255 g/mol. The monoisotopic (exact) mass is 255 g/mol. The number of ether oxygens (including phenoxy) is 1. The fraction of sp³-hybridized carbons (Fsp3) is 0.933. The Bertz CT molecular complexity index is 252. The van der Waals surface area contributed by atoms with Gasteiger partial charge in [0.25, 0.3) is 0 Å². The van der Waals surface area contributed by atoms with Crippen molar-refractivity contribution in [2.24, 2.45) is 11.7 Å². The van der Waals surface area contributed by atoms with E-state index in [1.165, 1.54) is 38.5 Å². The highest BCUT2D eigenvalue weighted by atomic mass is 16.6. The maximum atomic E-state index is 11.6. The fourth-order valence-corrected chi connectivity index (χ4v) is 2.62. The molecule has 3 nitrogen and oxygen atoms in total. The quantitative estimate of drug-likeness (QED) is 0.766. The second kappa shape index (κ2) is 7.13. The Morgan fingerprint density at radius 2 is 1.89 bits per heavy atom. The van der Waals surface area contributed by atoms with E-state index in [4.69, 9.17) is 10.5 Å². The Morgan fingerprint density at radius 1 is 1.28 bits per heavy atom. The Labute approximate surface area is 111 Å². The lowest BCUT2D eigenvalue weighted by molar-refractivity contribution is -0.155. The van der Waals surface area contributed by atoms with Gasteiger partial charge in [-0.1, -0.05) is 32.1 Å².